The normalized spacial score (nSPS) is 17.8. The van der Waals surface area contributed by atoms with Crippen molar-refractivity contribution in [1.82, 2.24) is 4.90 Å². The first-order chi connectivity index (χ1) is 15.7. The number of fused-ring (bicyclic) bond motifs is 1. The van der Waals surface area contributed by atoms with Gasteiger partial charge in [-0.1, -0.05) is 61.9 Å². The van der Waals surface area contributed by atoms with E-state index in [4.69, 9.17) is 4.74 Å². The van der Waals surface area contributed by atoms with E-state index < -0.39 is 0 Å². The monoisotopic (exact) mass is 431 g/mol. The minimum absolute atomic E-state index is 0.293. The van der Waals surface area contributed by atoms with Gasteiger partial charge in [-0.05, 0) is 79.2 Å². The Balaban J connectivity index is 1.44. The molecule has 0 aliphatic heterocycles. The van der Waals surface area contributed by atoms with Crippen LogP contribution >= 0.6 is 0 Å². The third kappa shape index (κ3) is 6.03. The fourth-order valence-corrected chi connectivity index (χ4v) is 5.06. The van der Waals surface area contributed by atoms with Crippen LogP contribution in [0.25, 0.3) is 0 Å². The van der Waals surface area contributed by atoms with Crippen molar-refractivity contribution in [3.63, 3.8) is 0 Å². The van der Waals surface area contributed by atoms with Gasteiger partial charge in [0.05, 0.1) is 6.61 Å². The van der Waals surface area contributed by atoms with Crippen LogP contribution < -0.4 is 4.74 Å². The molecule has 3 heteroatoms. The summed E-state index contributed by atoms with van der Waals surface area (Å²) in [7, 11) is 0. The Morgan fingerprint density at radius 2 is 1.91 bits per heavy atom. The number of rotatable bonds is 10. The Labute approximate surface area is 193 Å². The van der Waals surface area contributed by atoms with Crippen molar-refractivity contribution in [3.8, 4) is 5.75 Å². The molecule has 4 rings (SSSR count). The maximum atomic E-state index is 13.5. The summed E-state index contributed by atoms with van der Waals surface area (Å²) in [6.07, 6.45) is 12.9. The molecular formula is C29H37NO2. The smallest absolute Gasteiger partial charge is 0.223 e. The number of hydrogen-bond donors (Lipinski definition) is 0. The molecule has 0 saturated carbocycles. The first-order valence-electron chi connectivity index (χ1n) is 12.4. The molecule has 1 atom stereocenters. The van der Waals surface area contributed by atoms with E-state index in [0.29, 0.717) is 30.7 Å². The third-order valence-corrected chi connectivity index (χ3v) is 6.89. The Hall–Kier alpha value is -2.55. The first-order valence-corrected chi connectivity index (χ1v) is 12.4. The van der Waals surface area contributed by atoms with Gasteiger partial charge in [-0.15, -0.1) is 0 Å². The van der Waals surface area contributed by atoms with Gasteiger partial charge >= 0.3 is 0 Å². The van der Waals surface area contributed by atoms with Crippen molar-refractivity contribution in [2.45, 2.75) is 70.8 Å². The van der Waals surface area contributed by atoms with E-state index in [1.54, 1.807) is 0 Å². The molecule has 0 fully saturated rings. The first kappa shape index (κ1) is 22.6. The molecule has 0 saturated heterocycles. The van der Waals surface area contributed by atoms with E-state index >= 15 is 0 Å². The summed E-state index contributed by atoms with van der Waals surface area (Å²) >= 11 is 0. The standard InChI is InChI=1S/C29H37NO2/c1-2-3-18-32-27-16-17-28-25(19-27)14-9-15-26(28)20-29(31)30(22-24-12-7-8-13-24)21-23-10-5-4-6-11-23/h4-8,10-11,16-17,19,24,26H,2-3,9,12-15,18,20-22H2,1H3. The quantitative estimate of drug-likeness (QED) is 0.310. The number of allylic oxidation sites excluding steroid dienone is 2. The highest BCUT2D eigenvalue weighted by atomic mass is 16.5. The van der Waals surface area contributed by atoms with Gasteiger partial charge in [-0.3, -0.25) is 4.79 Å². The number of carbonyl (C=O) groups is 1. The van der Waals surface area contributed by atoms with Crippen molar-refractivity contribution in [2.24, 2.45) is 5.92 Å². The van der Waals surface area contributed by atoms with Gasteiger partial charge in [0.2, 0.25) is 5.91 Å². The summed E-state index contributed by atoms with van der Waals surface area (Å²) in [6.45, 7) is 4.52. The topological polar surface area (TPSA) is 29.5 Å². The third-order valence-electron chi connectivity index (χ3n) is 6.89. The van der Waals surface area contributed by atoms with Crippen LogP contribution in [0.3, 0.4) is 0 Å². The lowest BCUT2D eigenvalue weighted by molar-refractivity contribution is -0.133. The van der Waals surface area contributed by atoms with Gasteiger partial charge in [0.15, 0.2) is 0 Å². The van der Waals surface area contributed by atoms with Crippen LogP contribution in [0.1, 0.15) is 74.5 Å². The molecule has 0 N–H and O–H groups in total. The highest BCUT2D eigenvalue weighted by molar-refractivity contribution is 5.77. The van der Waals surface area contributed by atoms with Gasteiger partial charge in [0.25, 0.3) is 0 Å². The Bertz CT molecular complexity index is 897. The number of aryl methyl sites for hydroxylation is 1. The molecule has 2 aliphatic carbocycles. The second-order valence-electron chi connectivity index (χ2n) is 9.42. The van der Waals surface area contributed by atoms with Crippen LogP contribution in [0.4, 0.5) is 0 Å². The van der Waals surface area contributed by atoms with Crippen LogP contribution in [0.2, 0.25) is 0 Å². The Kier molecular flexibility index (Phi) is 8.03. The second kappa shape index (κ2) is 11.4. The molecule has 2 aromatic rings. The zero-order valence-electron chi connectivity index (χ0n) is 19.5. The molecule has 2 aromatic carbocycles. The van der Waals surface area contributed by atoms with Gasteiger partial charge in [-0.2, -0.15) is 0 Å². The summed E-state index contributed by atoms with van der Waals surface area (Å²) < 4.78 is 5.93. The SMILES string of the molecule is CCCCOc1ccc2c(c1)CCCC2CC(=O)N(Cc1ccccc1)CC1CC=CC1. The molecule has 3 nitrogen and oxygen atoms in total. The predicted molar refractivity (Wildman–Crippen MR) is 131 cm³/mol. The van der Waals surface area contributed by atoms with Crippen LogP contribution in [0.15, 0.2) is 60.7 Å². The predicted octanol–water partition coefficient (Wildman–Crippen LogP) is 6.67. The lowest BCUT2D eigenvalue weighted by atomic mass is 9.80. The second-order valence-corrected chi connectivity index (χ2v) is 9.42. The summed E-state index contributed by atoms with van der Waals surface area (Å²) in [5.41, 5.74) is 3.94. The number of hydrogen-bond acceptors (Lipinski definition) is 2. The lowest BCUT2D eigenvalue weighted by Crippen LogP contribution is -2.35. The van der Waals surface area contributed by atoms with Gasteiger partial charge < -0.3 is 9.64 Å². The van der Waals surface area contributed by atoms with E-state index in [-0.39, 0.29) is 0 Å². The zero-order valence-corrected chi connectivity index (χ0v) is 19.5. The lowest BCUT2D eigenvalue weighted by Gasteiger charge is -2.30. The highest BCUT2D eigenvalue weighted by Crippen LogP contribution is 2.36. The molecule has 1 unspecified atom stereocenters. The molecule has 0 spiro atoms. The molecule has 0 aromatic heterocycles. The number of ether oxygens (including phenoxy) is 1. The summed E-state index contributed by atoms with van der Waals surface area (Å²) in [6, 6.07) is 17.0. The number of benzene rings is 2. The zero-order chi connectivity index (χ0) is 22.2. The average Bonchev–Trinajstić information content (AvgIpc) is 3.33. The molecule has 0 heterocycles. The van der Waals surface area contributed by atoms with E-state index in [9.17, 15) is 4.79 Å². The largest absolute Gasteiger partial charge is 0.494 e. The van der Waals surface area contributed by atoms with Crippen LogP contribution in [-0.2, 0) is 17.8 Å². The fourth-order valence-electron chi connectivity index (χ4n) is 5.06. The molecular weight excluding hydrogens is 394 g/mol. The van der Waals surface area contributed by atoms with Crippen molar-refractivity contribution < 1.29 is 9.53 Å². The van der Waals surface area contributed by atoms with E-state index in [1.165, 1.54) is 16.7 Å². The van der Waals surface area contributed by atoms with Crippen molar-refractivity contribution in [3.05, 3.63) is 77.4 Å². The van der Waals surface area contributed by atoms with E-state index in [1.807, 2.05) is 6.07 Å². The fraction of sp³-hybridized carbons (Fsp3) is 0.483. The maximum absolute atomic E-state index is 13.5. The van der Waals surface area contributed by atoms with Crippen LogP contribution in [0, 0.1) is 5.92 Å². The van der Waals surface area contributed by atoms with Crippen LogP contribution in [-0.4, -0.2) is 24.0 Å². The Morgan fingerprint density at radius 1 is 1.09 bits per heavy atom. The molecule has 32 heavy (non-hydrogen) atoms. The van der Waals surface area contributed by atoms with Gasteiger partial charge in [0, 0.05) is 19.5 Å². The summed E-state index contributed by atoms with van der Waals surface area (Å²) in [5, 5.41) is 0. The number of amides is 1. The van der Waals surface area contributed by atoms with Crippen molar-refractivity contribution in [2.75, 3.05) is 13.2 Å². The van der Waals surface area contributed by atoms with Gasteiger partial charge in [-0.25, -0.2) is 0 Å². The van der Waals surface area contributed by atoms with E-state index in [0.717, 1.165) is 63.8 Å². The number of nitrogens with zero attached hydrogens (tertiary/aromatic N) is 1. The summed E-state index contributed by atoms with van der Waals surface area (Å²) in [4.78, 5) is 15.7. The minimum Gasteiger partial charge on any atom is -0.494 e. The molecule has 0 bridgehead atoms. The highest BCUT2D eigenvalue weighted by Gasteiger charge is 2.27. The number of carbonyl (C=O) groups excluding carboxylic acids is 1. The maximum Gasteiger partial charge on any atom is 0.223 e. The average molecular weight is 432 g/mol. The van der Waals surface area contributed by atoms with Gasteiger partial charge in [0.1, 0.15) is 5.75 Å². The molecule has 1 amide bonds. The van der Waals surface area contributed by atoms with Crippen molar-refractivity contribution in [1.29, 1.82) is 0 Å². The van der Waals surface area contributed by atoms with E-state index in [2.05, 4.69) is 66.4 Å². The number of unbranched alkanes of at least 4 members (excludes halogenated alkanes) is 1. The van der Waals surface area contributed by atoms with Crippen LogP contribution in [0.5, 0.6) is 5.75 Å². The molecule has 170 valence electrons. The minimum atomic E-state index is 0.293. The molecule has 2 aliphatic rings. The van der Waals surface area contributed by atoms with Crippen molar-refractivity contribution >= 4 is 5.91 Å². The Morgan fingerprint density at radius 3 is 2.69 bits per heavy atom. The summed E-state index contributed by atoms with van der Waals surface area (Å²) in [5.74, 6) is 2.14. The molecule has 0 radical (unpaired) electrons.